The smallest absolute Gasteiger partial charge is 0.147 e. The lowest BCUT2D eigenvalue weighted by Gasteiger charge is -2.10. The Hall–Kier alpha value is -1.03. The Kier molecular flexibility index (Phi) is 4.15. The first-order valence-electron chi connectivity index (χ1n) is 5.15. The van der Waals surface area contributed by atoms with Crippen LogP contribution in [-0.4, -0.2) is 16.5 Å². The summed E-state index contributed by atoms with van der Waals surface area (Å²) in [4.78, 5) is 8.54. The number of fused-ring (bicyclic) bond motifs is 1. The Morgan fingerprint density at radius 3 is 3.13 bits per heavy atom. The molecule has 1 aromatic rings. The number of halogens is 1. The molecular weight excluding hydrogens is 212 g/mol. The van der Waals surface area contributed by atoms with E-state index in [0.29, 0.717) is 5.82 Å². The van der Waals surface area contributed by atoms with Crippen molar-refractivity contribution >= 4 is 24.0 Å². The van der Waals surface area contributed by atoms with Crippen LogP contribution < -0.4 is 11.1 Å². The monoisotopic (exact) mass is 228 g/mol. The van der Waals surface area contributed by atoms with Crippen molar-refractivity contribution < 1.29 is 0 Å². The normalized spacial score (nSPS) is 19.4. The molecule has 84 valence electrons. The average molecular weight is 229 g/mol. The van der Waals surface area contributed by atoms with Crippen molar-refractivity contribution in [1.82, 2.24) is 9.97 Å². The topological polar surface area (TPSA) is 63.8 Å². The van der Waals surface area contributed by atoms with E-state index in [2.05, 4.69) is 22.2 Å². The first-order valence-corrected chi connectivity index (χ1v) is 5.15. The van der Waals surface area contributed by atoms with Crippen LogP contribution >= 0.6 is 12.4 Å². The van der Waals surface area contributed by atoms with Gasteiger partial charge < -0.3 is 11.1 Å². The largest absolute Gasteiger partial charge is 0.382 e. The van der Waals surface area contributed by atoms with E-state index in [9.17, 15) is 0 Å². The van der Waals surface area contributed by atoms with E-state index in [1.54, 1.807) is 6.20 Å². The van der Waals surface area contributed by atoms with Crippen molar-refractivity contribution in [3.8, 4) is 0 Å². The van der Waals surface area contributed by atoms with Crippen LogP contribution in [-0.2, 0) is 6.42 Å². The molecule has 1 aliphatic heterocycles. The van der Waals surface area contributed by atoms with Gasteiger partial charge in [-0.1, -0.05) is 13.3 Å². The van der Waals surface area contributed by atoms with Gasteiger partial charge in [-0.2, -0.15) is 0 Å². The van der Waals surface area contributed by atoms with Gasteiger partial charge >= 0.3 is 0 Å². The number of aryl methyl sites for hydroxylation is 1. The number of aromatic nitrogens is 2. The molecule has 0 amide bonds. The molecule has 0 saturated heterocycles. The van der Waals surface area contributed by atoms with Gasteiger partial charge in [0.15, 0.2) is 0 Å². The molecule has 1 aliphatic rings. The molecule has 15 heavy (non-hydrogen) atoms. The first kappa shape index (κ1) is 12.0. The van der Waals surface area contributed by atoms with Gasteiger partial charge in [-0.05, 0) is 18.8 Å². The molecule has 0 aliphatic carbocycles. The zero-order valence-electron chi connectivity index (χ0n) is 8.86. The maximum atomic E-state index is 5.60. The van der Waals surface area contributed by atoms with Crippen LogP contribution in [0.3, 0.4) is 0 Å². The van der Waals surface area contributed by atoms with Crippen LogP contribution in [0.2, 0.25) is 0 Å². The van der Waals surface area contributed by atoms with E-state index < -0.39 is 0 Å². The Labute approximate surface area is 96.1 Å². The second-order valence-corrected chi connectivity index (χ2v) is 3.78. The third kappa shape index (κ3) is 2.72. The molecule has 2 heterocycles. The lowest BCUT2D eigenvalue weighted by Crippen LogP contribution is -2.11. The van der Waals surface area contributed by atoms with E-state index in [0.717, 1.165) is 30.4 Å². The van der Waals surface area contributed by atoms with Gasteiger partial charge in [0.05, 0.1) is 11.9 Å². The quantitative estimate of drug-likeness (QED) is 0.770. The summed E-state index contributed by atoms with van der Waals surface area (Å²) in [6, 6.07) is 0. The summed E-state index contributed by atoms with van der Waals surface area (Å²) >= 11 is 0. The minimum atomic E-state index is 0. The van der Waals surface area contributed by atoms with Crippen molar-refractivity contribution in [3.05, 3.63) is 11.9 Å². The van der Waals surface area contributed by atoms with Crippen molar-refractivity contribution in [2.24, 2.45) is 5.92 Å². The third-order valence-corrected chi connectivity index (χ3v) is 2.79. The van der Waals surface area contributed by atoms with E-state index in [-0.39, 0.29) is 12.4 Å². The molecule has 1 atom stereocenters. The second kappa shape index (κ2) is 5.16. The molecule has 0 fully saturated rings. The molecular formula is C10H17ClN4. The summed E-state index contributed by atoms with van der Waals surface area (Å²) in [5, 5.41) is 3.32. The first-order chi connectivity index (χ1) is 6.79. The number of rotatable bonds is 1. The van der Waals surface area contributed by atoms with Gasteiger partial charge in [-0.3, -0.25) is 0 Å². The predicted molar refractivity (Wildman–Crippen MR) is 64.3 cm³/mol. The highest BCUT2D eigenvalue weighted by molar-refractivity contribution is 5.85. The van der Waals surface area contributed by atoms with Crippen LogP contribution in [0.4, 0.5) is 11.6 Å². The molecule has 5 heteroatoms. The molecule has 2 rings (SSSR count). The Bertz CT molecular complexity index is 329. The van der Waals surface area contributed by atoms with Crippen LogP contribution in [0, 0.1) is 5.92 Å². The van der Waals surface area contributed by atoms with Crippen LogP contribution in [0.5, 0.6) is 0 Å². The minimum absolute atomic E-state index is 0. The molecule has 0 aromatic carbocycles. The van der Waals surface area contributed by atoms with Gasteiger partial charge in [0.2, 0.25) is 0 Å². The Morgan fingerprint density at radius 2 is 2.40 bits per heavy atom. The average Bonchev–Trinajstić information content (AvgIpc) is 2.39. The number of nitrogens with zero attached hydrogens (tertiary/aromatic N) is 2. The second-order valence-electron chi connectivity index (χ2n) is 3.78. The molecule has 0 bridgehead atoms. The number of anilines is 2. The molecule has 1 unspecified atom stereocenters. The summed E-state index contributed by atoms with van der Waals surface area (Å²) in [6.07, 6.45) is 4.97. The fourth-order valence-corrected chi connectivity index (χ4v) is 1.80. The zero-order valence-corrected chi connectivity index (χ0v) is 9.68. The summed E-state index contributed by atoms with van der Waals surface area (Å²) in [7, 11) is 0. The zero-order chi connectivity index (χ0) is 9.97. The van der Waals surface area contributed by atoms with Crippen LogP contribution in [0.1, 0.15) is 25.5 Å². The predicted octanol–water partition coefficient (Wildman–Crippen LogP) is 1.86. The van der Waals surface area contributed by atoms with E-state index >= 15 is 0 Å². The van der Waals surface area contributed by atoms with E-state index in [1.807, 2.05) is 0 Å². The Morgan fingerprint density at radius 1 is 1.60 bits per heavy atom. The summed E-state index contributed by atoms with van der Waals surface area (Å²) in [6.45, 7) is 3.22. The minimum Gasteiger partial charge on any atom is -0.382 e. The molecule has 0 radical (unpaired) electrons. The van der Waals surface area contributed by atoms with Gasteiger partial charge in [0.25, 0.3) is 0 Å². The summed E-state index contributed by atoms with van der Waals surface area (Å²) in [5.41, 5.74) is 6.61. The maximum absolute atomic E-state index is 5.60. The summed E-state index contributed by atoms with van der Waals surface area (Å²) in [5.74, 6) is 2.16. The Balaban J connectivity index is 0.00000112. The fourth-order valence-electron chi connectivity index (χ4n) is 1.80. The van der Waals surface area contributed by atoms with Gasteiger partial charge in [0.1, 0.15) is 11.6 Å². The van der Waals surface area contributed by atoms with E-state index in [4.69, 9.17) is 5.73 Å². The van der Waals surface area contributed by atoms with Crippen molar-refractivity contribution in [1.29, 1.82) is 0 Å². The fraction of sp³-hybridized carbons (Fsp3) is 0.600. The molecule has 0 saturated carbocycles. The molecule has 4 nitrogen and oxygen atoms in total. The van der Waals surface area contributed by atoms with Crippen molar-refractivity contribution in [2.75, 3.05) is 17.6 Å². The number of hydrogen-bond donors (Lipinski definition) is 2. The SMILES string of the molecule is CCC1CCc2nc(N)cnc2NC1.Cl. The van der Waals surface area contributed by atoms with Gasteiger partial charge in [-0.25, -0.2) is 9.97 Å². The molecule has 3 N–H and O–H groups in total. The maximum Gasteiger partial charge on any atom is 0.147 e. The highest BCUT2D eigenvalue weighted by atomic mass is 35.5. The number of nitrogens with two attached hydrogens (primary N) is 1. The number of nitrogens with one attached hydrogen (secondary N) is 1. The molecule has 0 spiro atoms. The number of hydrogen-bond acceptors (Lipinski definition) is 4. The standard InChI is InChI=1S/C10H16N4.ClH/c1-2-7-3-4-8-10(12-5-7)13-6-9(11)14-8;/h6-7H,2-5H2,1H3,(H2,11,14)(H,12,13);1H. The van der Waals surface area contributed by atoms with Crippen LogP contribution in [0.25, 0.3) is 0 Å². The third-order valence-electron chi connectivity index (χ3n) is 2.79. The highest BCUT2D eigenvalue weighted by Crippen LogP contribution is 2.22. The van der Waals surface area contributed by atoms with Crippen molar-refractivity contribution in [2.45, 2.75) is 26.2 Å². The molecule has 1 aromatic heterocycles. The number of nitrogen functional groups attached to an aromatic ring is 1. The summed E-state index contributed by atoms with van der Waals surface area (Å²) < 4.78 is 0. The highest BCUT2D eigenvalue weighted by Gasteiger charge is 2.15. The van der Waals surface area contributed by atoms with E-state index in [1.165, 1.54) is 12.8 Å². The van der Waals surface area contributed by atoms with Gasteiger partial charge in [0, 0.05) is 6.54 Å². The van der Waals surface area contributed by atoms with Gasteiger partial charge in [-0.15, -0.1) is 12.4 Å². The lowest BCUT2D eigenvalue weighted by atomic mass is 10.0. The lowest BCUT2D eigenvalue weighted by molar-refractivity contribution is 0.501. The van der Waals surface area contributed by atoms with Crippen LogP contribution in [0.15, 0.2) is 6.20 Å². The van der Waals surface area contributed by atoms with Crippen molar-refractivity contribution in [3.63, 3.8) is 0 Å².